The van der Waals surface area contributed by atoms with Crippen molar-refractivity contribution in [2.24, 2.45) is 5.18 Å². The van der Waals surface area contributed by atoms with Gasteiger partial charge < -0.3 is 15.3 Å². The van der Waals surface area contributed by atoms with Gasteiger partial charge in [-0.3, -0.25) is 0 Å². The Morgan fingerprint density at radius 1 is 1.29 bits per heavy atom. The first-order valence-electron chi connectivity index (χ1n) is 1.55. The molecule has 0 amide bonds. The third-order valence-corrected chi connectivity index (χ3v) is 0.375. The van der Waals surface area contributed by atoms with E-state index in [0.717, 1.165) is 0 Å². The van der Waals surface area contributed by atoms with Crippen molar-refractivity contribution >= 4 is 0 Å². The molecule has 7 heavy (non-hydrogen) atoms. The van der Waals surface area contributed by atoms with E-state index in [9.17, 15) is 0 Å². The van der Waals surface area contributed by atoms with Crippen LogP contribution in [0.5, 0.6) is 0 Å². The molecule has 1 atom stereocenters. The lowest BCUT2D eigenvalue weighted by Gasteiger charge is -1.99. The first-order chi connectivity index (χ1) is 3.18. The van der Waals surface area contributed by atoms with Gasteiger partial charge in [-0.25, -0.2) is 0 Å². The van der Waals surface area contributed by atoms with Gasteiger partial charge in [-0.1, -0.05) is 0 Å². The molecule has 0 spiro atoms. The summed E-state index contributed by atoms with van der Waals surface area (Å²) in [6.07, 6.45) is -3.97. The van der Waals surface area contributed by atoms with Crippen LogP contribution in [0.15, 0.2) is 5.18 Å². The van der Waals surface area contributed by atoms with Crippen LogP contribution in [0.1, 0.15) is 0 Å². The summed E-state index contributed by atoms with van der Waals surface area (Å²) in [5.74, 6) is 0. The second-order valence-electron chi connectivity index (χ2n) is 0.933. The van der Waals surface area contributed by atoms with E-state index in [1.54, 1.807) is 0 Å². The van der Waals surface area contributed by atoms with Gasteiger partial charge in [0, 0.05) is 0 Å². The molecule has 0 aliphatic heterocycles. The largest absolute Gasteiger partial charge is 0.365 e. The van der Waals surface area contributed by atoms with Crippen molar-refractivity contribution in [2.75, 3.05) is 0 Å². The topological polar surface area (TPSA) is 90.1 Å². The van der Waals surface area contributed by atoms with Crippen molar-refractivity contribution in [1.82, 2.24) is 0 Å². The molecule has 0 saturated heterocycles. The van der Waals surface area contributed by atoms with Crippen LogP contribution in [-0.4, -0.2) is 27.8 Å². The summed E-state index contributed by atoms with van der Waals surface area (Å²) in [4.78, 5) is 9.13. The molecule has 0 bridgehead atoms. The van der Waals surface area contributed by atoms with Crippen molar-refractivity contribution in [1.29, 1.82) is 0 Å². The molecule has 5 heteroatoms. The highest BCUT2D eigenvalue weighted by Gasteiger charge is 2.10. The Morgan fingerprint density at radius 2 is 1.71 bits per heavy atom. The number of hydrogen-bond donors (Lipinski definition) is 3. The minimum absolute atomic E-state index is 1.89. The highest BCUT2D eigenvalue weighted by atomic mass is 16.5. The van der Waals surface area contributed by atoms with E-state index in [1.165, 1.54) is 0 Å². The standard InChI is InChI=1S/C2H5NO4/c4-1(3-7)2(5)6/h1-2,4-6H. The van der Waals surface area contributed by atoms with Crippen LogP contribution < -0.4 is 0 Å². The SMILES string of the molecule is O=NC(O)C(O)O. The summed E-state index contributed by atoms with van der Waals surface area (Å²) in [5.41, 5.74) is 0. The maximum Gasteiger partial charge on any atom is 0.238 e. The Labute approximate surface area is 39.2 Å². The molecule has 42 valence electrons. The van der Waals surface area contributed by atoms with Crippen molar-refractivity contribution < 1.29 is 15.3 Å². The van der Waals surface area contributed by atoms with Crippen molar-refractivity contribution in [3.05, 3.63) is 4.91 Å². The minimum atomic E-state index is -2.06. The van der Waals surface area contributed by atoms with Crippen LogP contribution in [0.25, 0.3) is 0 Å². The van der Waals surface area contributed by atoms with Gasteiger partial charge in [0.25, 0.3) is 0 Å². The van der Waals surface area contributed by atoms with E-state index in [1.807, 2.05) is 5.18 Å². The highest BCUT2D eigenvalue weighted by molar-refractivity contribution is 4.47. The Hall–Kier alpha value is -0.520. The maximum absolute atomic E-state index is 9.13. The molecule has 5 nitrogen and oxygen atoms in total. The summed E-state index contributed by atoms with van der Waals surface area (Å²) >= 11 is 0. The third kappa shape index (κ3) is 2.21. The summed E-state index contributed by atoms with van der Waals surface area (Å²) in [7, 11) is 0. The van der Waals surface area contributed by atoms with Gasteiger partial charge >= 0.3 is 0 Å². The molecule has 0 aromatic carbocycles. The van der Waals surface area contributed by atoms with E-state index >= 15 is 0 Å². The Kier molecular flexibility index (Phi) is 2.42. The van der Waals surface area contributed by atoms with Gasteiger partial charge in [0.15, 0.2) is 0 Å². The average Bonchev–Trinajstić information content (AvgIpc) is 1.65. The molecule has 3 N–H and O–H groups in total. The van der Waals surface area contributed by atoms with Crippen LogP contribution in [0.2, 0.25) is 0 Å². The lowest BCUT2D eigenvalue weighted by Crippen LogP contribution is -2.21. The quantitative estimate of drug-likeness (QED) is 0.292. The predicted molar refractivity (Wildman–Crippen MR) is 20.0 cm³/mol. The average molecular weight is 107 g/mol. The number of nitrogens with zero attached hydrogens (tertiary/aromatic N) is 1. The second-order valence-corrected chi connectivity index (χ2v) is 0.933. The Bertz CT molecular complexity index is 62.7. The second kappa shape index (κ2) is 2.62. The van der Waals surface area contributed by atoms with Crippen LogP contribution in [-0.2, 0) is 0 Å². The van der Waals surface area contributed by atoms with Gasteiger partial charge in [-0.2, -0.15) is 0 Å². The molecule has 0 heterocycles. The monoisotopic (exact) mass is 107 g/mol. The van der Waals surface area contributed by atoms with Crippen LogP contribution in [0, 0.1) is 4.91 Å². The maximum atomic E-state index is 9.13. The molecule has 0 fully saturated rings. The van der Waals surface area contributed by atoms with Crippen molar-refractivity contribution in [3.8, 4) is 0 Å². The van der Waals surface area contributed by atoms with Crippen LogP contribution >= 0.6 is 0 Å². The zero-order valence-corrected chi connectivity index (χ0v) is 3.35. The van der Waals surface area contributed by atoms with Gasteiger partial charge in [-0.05, 0) is 5.18 Å². The molecule has 0 aromatic heterocycles. The Morgan fingerprint density at radius 3 is 1.71 bits per heavy atom. The van der Waals surface area contributed by atoms with Gasteiger partial charge in [0.2, 0.25) is 12.5 Å². The van der Waals surface area contributed by atoms with Crippen LogP contribution in [0.4, 0.5) is 0 Å². The van der Waals surface area contributed by atoms with Gasteiger partial charge in [0.05, 0.1) is 0 Å². The first kappa shape index (κ1) is 6.48. The Balaban J connectivity index is 3.33. The van der Waals surface area contributed by atoms with Crippen LogP contribution in [0.3, 0.4) is 0 Å². The van der Waals surface area contributed by atoms with E-state index in [0.29, 0.717) is 0 Å². The molecule has 1 unspecified atom stereocenters. The summed E-state index contributed by atoms with van der Waals surface area (Å²) in [5, 5.41) is 25.5. The molecular weight excluding hydrogens is 102 g/mol. The van der Waals surface area contributed by atoms with E-state index in [2.05, 4.69) is 0 Å². The summed E-state index contributed by atoms with van der Waals surface area (Å²) in [6.45, 7) is 0. The first-order valence-corrected chi connectivity index (χ1v) is 1.55. The minimum Gasteiger partial charge on any atom is -0.365 e. The number of nitroso groups, excluding NO2 is 1. The van der Waals surface area contributed by atoms with E-state index in [-0.39, 0.29) is 0 Å². The molecule has 0 saturated carbocycles. The lowest BCUT2D eigenvalue weighted by atomic mass is 10.6. The van der Waals surface area contributed by atoms with Crippen molar-refractivity contribution in [2.45, 2.75) is 12.5 Å². The van der Waals surface area contributed by atoms with Gasteiger partial charge in [-0.15, -0.1) is 4.91 Å². The van der Waals surface area contributed by atoms with E-state index in [4.69, 9.17) is 20.2 Å². The van der Waals surface area contributed by atoms with E-state index < -0.39 is 12.5 Å². The molecule has 0 aliphatic rings. The molecule has 0 rings (SSSR count). The zero-order chi connectivity index (χ0) is 5.86. The molecule has 0 aliphatic carbocycles. The fraction of sp³-hybridized carbons (Fsp3) is 1.00. The number of aliphatic hydroxyl groups excluding tert-OH is 2. The number of hydrogen-bond acceptors (Lipinski definition) is 5. The molecule has 0 aromatic rings. The molecular formula is C2H5NO4. The normalized spacial score (nSPS) is 14.3. The highest BCUT2D eigenvalue weighted by Crippen LogP contribution is 1.86. The summed E-state index contributed by atoms with van der Waals surface area (Å²) in [6, 6.07) is 0. The summed E-state index contributed by atoms with van der Waals surface area (Å²) < 4.78 is 0. The van der Waals surface area contributed by atoms with Crippen molar-refractivity contribution in [3.63, 3.8) is 0 Å². The predicted octanol–water partition coefficient (Wildman–Crippen LogP) is -1.62. The van der Waals surface area contributed by atoms with Gasteiger partial charge in [0.1, 0.15) is 0 Å². The fourth-order valence-electron chi connectivity index (χ4n) is 0.0544. The fourth-order valence-corrected chi connectivity index (χ4v) is 0.0544. The molecule has 0 radical (unpaired) electrons. The third-order valence-electron chi connectivity index (χ3n) is 0.375. The smallest absolute Gasteiger partial charge is 0.238 e. The number of aliphatic hydroxyl groups is 3. The lowest BCUT2D eigenvalue weighted by molar-refractivity contribution is -0.118. The zero-order valence-electron chi connectivity index (χ0n) is 3.35. The number of rotatable bonds is 2.